The number of nitrogens with zero attached hydrogens (tertiary/aromatic N) is 2. The third-order valence-corrected chi connectivity index (χ3v) is 3.89. The van der Waals surface area contributed by atoms with Crippen LogP contribution in [0.4, 0.5) is 5.82 Å². The Morgan fingerprint density at radius 1 is 1.31 bits per heavy atom. The molecule has 7 heteroatoms. The molecule has 6 nitrogen and oxygen atoms in total. The van der Waals surface area contributed by atoms with Crippen molar-refractivity contribution in [3.05, 3.63) is 71.3 Å². The number of ether oxygens (including phenoxy) is 1. The molecular formula is C19H16ClN3O3. The summed E-state index contributed by atoms with van der Waals surface area (Å²) in [5, 5.41) is 3.76. The summed E-state index contributed by atoms with van der Waals surface area (Å²) in [5.41, 5.74) is 1.31. The molecule has 0 aliphatic carbocycles. The molecule has 0 atom stereocenters. The maximum absolute atomic E-state index is 12.2. The lowest BCUT2D eigenvalue weighted by atomic mass is 10.1. The predicted octanol–water partition coefficient (Wildman–Crippen LogP) is 4.43. The summed E-state index contributed by atoms with van der Waals surface area (Å²) in [6.45, 7) is 4.15. The number of hydrogen-bond donors (Lipinski definition) is 1. The van der Waals surface area contributed by atoms with Gasteiger partial charge in [-0.1, -0.05) is 24.3 Å². The van der Waals surface area contributed by atoms with Crippen LogP contribution in [0.1, 0.15) is 21.8 Å². The van der Waals surface area contributed by atoms with Gasteiger partial charge in [0.15, 0.2) is 11.5 Å². The van der Waals surface area contributed by atoms with Gasteiger partial charge in [0.2, 0.25) is 0 Å². The monoisotopic (exact) mass is 369 g/mol. The number of hydrogen-bond acceptors (Lipinski definition) is 6. The van der Waals surface area contributed by atoms with Crippen LogP contribution in [-0.4, -0.2) is 23.0 Å². The molecule has 0 saturated carbocycles. The number of methoxy groups -OCH3 is 1. The highest BCUT2D eigenvalue weighted by Gasteiger charge is 2.19. The highest BCUT2D eigenvalue weighted by molar-refractivity contribution is 6.30. The molecule has 3 rings (SSSR count). The molecule has 0 aliphatic heterocycles. The number of halogens is 1. The van der Waals surface area contributed by atoms with Gasteiger partial charge in [-0.15, -0.1) is 0 Å². The molecule has 3 aromatic rings. The summed E-state index contributed by atoms with van der Waals surface area (Å²) in [6, 6.07) is 10.7. The molecule has 0 bridgehead atoms. The molecule has 0 radical (unpaired) electrons. The molecule has 132 valence electrons. The lowest BCUT2D eigenvalue weighted by molar-refractivity contribution is 0.0594. The molecule has 2 aromatic heterocycles. The average Bonchev–Trinajstić information content (AvgIpc) is 3.19. The molecule has 0 unspecified atom stereocenters. The number of furan rings is 1. The number of carbonyl (C=O) groups is 1. The van der Waals surface area contributed by atoms with E-state index in [1.54, 1.807) is 36.6 Å². The van der Waals surface area contributed by atoms with Gasteiger partial charge in [-0.25, -0.2) is 14.8 Å². The first kappa shape index (κ1) is 17.7. The van der Waals surface area contributed by atoms with E-state index in [4.69, 9.17) is 20.8 Å². The van der Waals surface area contributed by atoms with Crippen LogP contribution in [0.5, 0.6) is 0 Å². The van der Waals surface area contributed by atoms with Crippen molar-refractivity contribution in [3.8, 4) is 11.4 Å². The van der Waals surface area contributed by atoms with Crippen molar-refractivity contribution in [2.75, 3.05) is 12.4 Å². The van der Waals surface area contributed by atoms with Gasteiger partial charge >= 0.3 is 5.97 Å². The van der Waals surface area contributed by atoms with E-state index in [0.717, 1.165) is 11.3 Å². The van der Waals surface area contributed by atoms with Gasteiger partial charge in [0.1, 0.15) is 11.6 Å². The predicted molar refractivity (Wildman–Crippen MR) is 99.9 cm³/mol. The van der Waals surface area contributed by atoms with Gasteiger partial charge in [0, 0.05) is 16.1 Å². The third-order valence-electron chi connectivity index (χ3n) is 3.64. The van der Waals surface area contributed by atoms with Crippen molar-refractivity contribution in [2.24, 2.45) is 0 Å². The van der Waals surface area contributed by atoms with Gasteiger partial charge in [-0.3, -0.25) is 0 Å². The Hall–Kier alpha value is -3.12. The van der Waals surface area contributed by atoms with E-state index < -0.39 is 5.97 Å². The molecule has 0 amide bonds. The van der Waals surface area contributed by atoms with Gasteiger partial charge in [0.25, 0.3) is 0 Å². The second-order valence-electron chi connectivity index (χ2n) is 5.29. The highest BCUT2D eigenvalue weighted by Crippen LogP contribution is 2.25. The van der Waals surface area contributed by atoms with E-state index in [2.05, 4.69) is 21.9 Å². The lowest BCUT2D eigenvalue weighted by Gasteiger charge is -2.13. The largest absolute Gasteiger partial charge is 0.467 e. The normalized spacial score (nSPS) is 10.4. The van der Waals surface area contributed by atoms with Crippen LogP contribution in [-0.2, 0) is 11.3 Å². The minimum atomic E-state index is -0.571. The first-order valence-electron chi connectivity index (χ1n) is 7.77. The Labute approximate surface area is 155 Å². The fraction of sp³-hybridized carbons (Fsp3) is 0.105. The molecule has 0 aliphatic rings. The molecule has 0 spiro atoms. The zero-order valence-electron chi connectivity index (χ0n) is 14.0. The van der Waals surface area contributed by atoms with Crippen molar-refractivity contribution >= 4 is 29.5 Å². The van der Waals surface area contributed by atoms with Crippen LogP contribution in [0.25, 0.3) is 17.5 Å². The lowest BCUT2D eigenvalue weighted by Crippen LogP contribution is -2.13. The standard InChI is InChI=1S/C19H16ClN3O3/c1-3-15-16(19(24)25-2)22-17(12-6-8-13(20)9-7-12)23-18(15)21-11-14-5-4-10-26-14/h3-10H,1,11H2,2H3,(H,21,22,23). The number of esters is 1. The number of carbonyl (C=O) groups excluding carboxylic acids is 1. The second-order valence-corrected chi connectivity index (χ2v) is 5.73. The fourth-order valence-electron chi connectivity index (χ4n) is 2.36. The van der Waals surface area contributed by atoms with Crippen LogP contribution in [0, 0.1) is 0 Å². The molecule has 1 aromatic carbocycles. The third kappa shape index (κ3) is 3.75. The molecule has 0 fully saturated rings. The van der Waals surface area contributed by atoms with E-state index in [-0.39, 0.29) is 5.69 Å². The van der Waals surface area contributed by atoms with Crippen LogP contribution in [0.15, 0.2) is 53.7 Å². The zero-order chi connectivity index (χ0) is 18.5. The van der Waals surface area contributed by atoms with Crippen molar-refractivity contribution in [1.82, 2.24) is 9.97 Å². The quantitative estimate of drug-likeness (QED) is 0.647. The maximum Gasteiger partial charge on any atom is 0.357 e. The molecule has 2 heterocycles. The SMILES string of the molecule is C=Cc1c(NCc2ccco2)nc(-c2ccc(Cl)cc2)nc1C(=O)OC. The van der Waals surface area contributed by atoms with Crippen LogP contribution >= 0.6 is 11.6 Å². The Bertz CT molecular complexity index is 922. The van der Waals surface area contributed by atoms with Crippen LogP contribution < -0.4 is 5.32 Å². The summed E-state index contributed by atoms with van der Waals surface area (Å²) in [7, 11) is 1.30. The van der Waals surface area contributed by atoms with Crippen molar-refractivity contribution in [2.45, 2.75) is 6.54 Å². The fourth-order valence-corrected chi connectivity index (χ4v) is 2.49. The first-order chi connectivity index (χ1) is 12.6. The van der Waals surface area contributed by atoms with Gasteiger partial charge < -0.3 is 14.5 Å². The van der Waals surface area contributed by atoms with Crippen LogP contribution in [0.2, 0.25) is 5.02 Å². The first-order valence-corrected chi connectivity index (χ1v) is 8.15. The summed E-state index contributed by atoms with van der Waals surface area (Å²) in [4.78, 5) is 21.1. The molecule has 1 N–H and O–H groups in total. The minimum absolute atomic E-state index is 0.129. The topological polar surface area (TPSA) is 77.3 Å². The van der Waals surface area contributed by atoms with Crippen molar-refractivity contribution in [3.63, 3.8) is 0 Å². The van der Waals surface area contributed by atoms with E-state index >= 15 is 0 Å². The summed E-state index contributed by atoms with van der Waals surface area (Å²) < 4.78 is 10.2. The van der Waals surface area contributed by atoms with E-state index in [9.17, 15) is 4.79 Å². The van der Waals surface area contributed by atoms with Gasteiger partial charge in [0.05, 0.1) is 19.9 Å². The van der Waals surface area contributed by atoms with Crippen molar-refractivity contribution < 1.29 is 13.9 Å². The summed E-state index contributed by atoms with van der Waals surface area (Å²) in [5.74, 6) is 0.983. The van der Waals surface area contributed by atoms with E-state index in [0.29, 0.717) is 28.8 Å². The highest BCUT2D eigenvalue weighted by atomic mass is 35.5. The van der Waals surface area contributed by atoms with Gasteiger partial charge in [-0.05, 0) is 36.4 Å². The number of aromatic nitrogens is 2. The Morgan fingerprint density at radius 3 is 2.69 bits per heavy atom. The van der Waals surface area contributed by atoms with E-state index in [1.807, 2.05) is 6.07 Å². The minimum Gasteiger partial charge on any atom is -0.467 e. The zero-order valence-corrected chi connectivity index (χ0v) is 14.8. The molecule has 0 saturated heterocycles. The number of nitrogens with one attached hydrogen (secondary N) is 1. The van der Waals surface area contributed by atoms with Crippen molar-refractivity contribution in [1.29, 1.82) is 0 Å². The maximum atomic E-state index is 12.2. The van der Waals surface area contributed by atoms with Gasteiger partial charge in [-0.2, -0.15) is 0 Å². The Balaban J connectivity index is 2.07. The van der Waals surface area contributed by atoms with Crippen LogP contribution in [0.3, 0.4) is 0 Å². The molecular weight excluding hydrogens is 354 g/mol. The number of rotatable bonds is 6. The number of anilines is 1. The second kappa shape index (κ2) is 7.84. The smallest absolute Gasteiger partial charge is 0.357 e. The summed E-state index contributed by atoms with van der Waals surface area (Å²) in [6.07, 6.45) is 3.10. The van der Waals surface area contributed by atoms with E-state index in [1.165, 1.54) is 13.2 Å². The summed E-state index contributed by atoms with van der Waals surface area (Å²) >= 11 is 5.94. The Kier molecular flexibility index (Phi) is 5.34. The average molecular weight is 370 g/mol. The molecule has 26 heavy (non-hydrogen) atoms. The Morgan fingerprint density at radius 2 is 2.08 bits per heavy atom. The number of benzene rings is 1.